The lowest BCUT2D eigenvalue weighted by Gasteiger charge is -2.46. The fourth-order valence-electron chi connectivity index (χ4n) is 3.38. The van der Waals surface area contributed by atoms with Gasteiger partial charge in [-0.2, -0.15) is 0 Å². The second-order valence-electron chi connectivity index (χ2n) is 6.84. The van der Waals surface area contributed by atoms with E-state index in [1.165, 1.54) is 12.1 Å². The van der Waals surface area contributed by atoms with Gasteiger partial charge in [-0.05, 0) is 55.3 Å². The zero-order chi connectivity index (χ0) is 19.0. The highest BCUT2D eigenvalue weighted by molar-refractivity contribution is 6.05. The predicted molar refractivity (Wildman–Crippen MR) is 103 cm³/mol. The number of halogens is 1. The Morgan fingerprint density at radius 3 is 2.22 bits per heavy atom. The summed E-state index contributed by atoms with van der Waals surface area (Å²) in [6.45, 7) is 3.98. The predicted octanol–water partition coefficient (Wildman–Crippen LogP) is 4.98. The lowest BCUT2D eigenvalue weighted by Crippen LogP contribution is -2.61. The average Bonchev–Trinajstić information content (AvgIpc) is 2.67. The van der Waals surface area contributed by atoms with Crippen LogP contribution in [0.3, 0.4) is 0 Å². The van der Waals surface area contributed by atoms with Crippen LogP contribution in [0.15, 0.2) is 72.8 Å². The maximum atomic E-state index is 13.3. The Balaban J connectivity index is 1.70. The molecule has 1 heterocycles. The van der Waals surface area contributed by atoms with Crippen LogP contribution in [-0.2, 0) is 4.79 Å². The molecule has 4 rings (SSSR count). The molecule has 0 unspecified atom stereocenters. The number of anilines is 1. The summed E-state index contributed by atoms with van der Waals surface area (Å²) in [5, 5.41) is 0. The third kappa shape index (κ3) is 3.19. The lowest BCUT2D eigenvalue weighted by atomic mass is 9.89. The Hall–Kier alpha value is -3.14. The van der Waals surface area contributed by atoms with Crippen molar-refractivity contribution in [1.29, 1.82) is 0 Å². The average molecular weight is 361 g/mol. The summed E-state index contributed by atoms with van der Waals surface area (Å²) in [6, 6.07) is 21.4. The van der Waals surface area contributed by atoms with Gasteiger partial charge < -0.3 is 4.74 Å². The van der Waals surface area contributed by atoms with Crippen LogP contribution in [0.2, 0.25) is 0 Å². The van der Waals surface area contributed by atoms with Gasteiger partial charge in [0, 0.05) is 5.69 Å². The van der Waals surface area contributed by atoms with Crippen LogP contribution < -0.4 is 9.64 Å². The van der Waals surface area contributed by atoms with Crippen molar-refractivity contribution in [3.63, 3.8) is 0 Å². The fourth-order valence-corrected chi connectivity index (χ4v) is 3.38. The molecule has 3 nitrogen and oxygen atoms in total. The number of para-hydroxylation sites is 1. The first-order chi connectivity index (χ1) is 13.0. The van der Waals surface area contributed by atoms with Crippen molar-refractivity contribution in [3.8, 4) is 5.75 Å². The first kappa shape index (κ1) is 17.3. The molecule has 0 radical (unpaired) electrons. The molecule has 27 heavy (non-hydrogen) atoms. The molecule has 1 saturated heterocycles. The van der Waals surface area contributed by atoms with E-state index >= 15 is 0 Å². The van der Waals surface area contributed by atoms with Gasteiger partial charge in [-0.3, -0.25) is 9.69 Å². The normalized spacial score (nSPS) is 18.9. The summed E-state index contributed by atoms with van der Waals surface area (Å²) in [6.07, 6.45) is -0.612. The molecule has 1 amide bonds. The van der Waals surface area contributed by atoms with Crippen molar-refractivity contribution in [3.05, 3.63) is 95.3 Å². The standard InChI is InChI=1S/C23H20FNO2/c1-15-7-9-17(10-8-15)21-22(27-20-6-4-3-5-16(20)2)23(26)25(21)19-13-11-18(24)12-14-19/h3-14,21-22H,1-2H3/t21-,22+/m0/s1. The first-order valence-corrected chi connectivity index (χ1v) is 8.92. The van der Waals surface area contributed by atoms with Crippen molar-refractivity contribution in [2.75, 3.05) is 4.90 Å². The summed E-state index contributed by atoms with van der Waals surface area (Å²) in [5.41, 5.74) is 3.78. The minimum atomic E-state index is -0.612. The van der Waals surface area contributed by atoms with Gasteiger partial charge in [-0.15, -0.1) is 0 Å². The van der Waals surface area contributed by atoms with E-state index in [4.69, 9.17) is 4.74 Å². The Bertz CT molecular complexity index is 966. The van der Waals surface area contributed by atoms with Gasteiger partial charge in [0.1, 0.15) is 17.6 Å². The largest absolute Gasteiger partial charge is 0.478 e. The topological polar surface area (TPSA) is 29.5 Å². The highest BCUT2D eigenvalue weighted by Gasteiger charge is 2.51. The number of aryl methyl sites for hydroxylation is 2. The van der Waals surface area contributed by atoms with E-state index in [-0.39, 0.29) is 17.8 Å². The summed E-state index contributed by atoms with van der Waals surface area (Å²) >= 11 is 0. The Morgan fingerprint density at radius 2 is 1.56 bits per heavy atom. The van der Waals surface area contributed by atoms with Crippen LogP contribution >= 0.6 is 0 Å². The maximum absolute atomic E-state index is 13.3. The molecule has 0 N–H and O–H groups in total. The summed E-state index contributed by atoms with van der Waals surface area (Å²) in [7, 11) is 0. The van der Waals surface area contributed by atoms with E-state index in [0.29, 0.717) is 11.4 Å². The third-order valence-electron chi connectivity index (χ3n) is 4.92. The second-order valence-corrected chi connectivity index (χ2v) is 6.84. The van der Waals surface area contributed by atoms with Gasteiger partial charge in [0.15, 0.2) is 0 Å². The number of amides is 1. The van der Waals surface area contributed by atoms with Crippen molar-refractivity contribution < 1.29 is 13.9 Å². The van der Waals surface area contributed by atoms with E-state index < -0.39 is 6.10 Å². The number of carbonyl (C=O) groups excluding carboxylic acids is 1. The second kappa shape index (κ2) is 6.88. The fraction of sp³-hybridized carbons (Fsp3) is 0.174. The number of β-lactam (4-membered cyclic amide) rings is 1. The van der Waals surface area contributed by atoms with Gasteiger partial charge in [0.2, 0.25) is 6.10 Å². The summed E-state index contributed by atoms with van der Waals surface area (Å²) in [5.74, 6) is 0.244. The van der Waals surface area contributed by atoms with Crippen molar-refractivity contribution in [2.45, 2.75) is 26.0 Å². The van der Waals surface area contributed by atoms with Crippen molar-refractivity contribution in [1.82, 2.24) is 0 Å². The van der Waals surface area contributed by atoms with Gasteiger partial charge in [-0.1, -0.05) is 48.0 Å². The van der Waals surface area contributed by atoms with Gasteiger partial charge in [0.25, 0.3) is 5.91 Å². The molecule has 3 aromatic rings. The molecule has 136 valence electrons. The molecular weight excluding hydrogens is 341 g/mol. The minimum absolute atomic E-state index is 0.129. The van der Waals surface area contributed by atoms with Crippen LogP contribution in [0, 0.1) is 19.7 Å². The van der Waals surface area contributed by atoms with E-state index in [0.717, 1.165) is 16.7 Å². The lowest BCUT2D eigenvalue weighted by molar-refractivity contribution is -0.135. The Morgan fingerprint density at radius 1 is 0.889 bits per heavy atom. The highest BCUT2D eigenvalue weighted by Crippen LogP contribution is 2.41. The monoisotopic (exact) mass is 361 g/mol. The molecular formula is C23H20FNO2. The Labute approximate surface area is 158 Å². The number of benzene rings is 3. The van der Waals surface area contributed by atoms with Crippen LogP contribution in [-0.4, -0.2) is 12.0 Å². The molecule has 0 bridgehead atoms. The molecule has 0 spiro atoms. The van der Waals surface area contributed by atoms with Crippen LogP contribution in [0.1, 0.15) is 22.7 Å². The quantitative estimate of drug-likeness (QED) is 0.614. The zero-order valence-electron chi connectivity index (χ0n) is 15.2. The molecule has 0 saturated carbocycles. The first-order valence-electron chi connectivity index (χ1n) is 8.92. The molecule has 0 aliphatic carbocycles. The van der Waals surface area contributed by atoms with Crippen LogP contribution in [0.25, 0.3) is 0 Å². The van der Waals surface area contributed by atoms with Gasteiger partial charge >= 0.3 is 0 Å². The number of hydrogen-bond acceptors (Lipinski definition) is 2. The van der Waals surface area contributed by atoms with E-state index in [1.807, 2.05) is 62.4 Å². The number of hydrogen-bond donors (Lipinski definition) is 0. The van der Waals surface area contributed by atoms with Crippen molar-refractivity contribution >= 4 is 11.6 Å². The van der Waals surface area contributed by atoms with Crippen LogP contribution in [0.4, 0.5) is 10.1 Å². The van der Waals surface area contributed by atoms with Crippen molar-refractivity contribution in [2.24, 2.45) is 0 Å². The SMILES string of the molecule is Cc1ccc([C@H]2[C@@H](Oc3ccccc3C)C(=O)N2c2ccc(F)cc2)cc1. The summed E-state index contributed by atoms with van der Waals surface area (Å²) < 4.78 is 19.4. The van der Waals surface area contributed by atoms with Crippen LogP contribution in [0.5, 0.6) is 5.75 Å². The van der Waals surface area contributed by atoms with E-state index in [1.54, 1.807) is 17.0 Å². The molecule has 4 heteroatoms. The van der Waals surface area contributed by atoms with Gasteiger partial charge in [-0.25, -0.2) is 4.39 Å². The Kier molecular flexibility index (Phi) is 4.40. The molecule has 3 aromatic carbocycles. The number of nitrogens with zero attached hydrogens (tertiary/aromatic N) is 1. The maximum Gasteiger partial charge on any atom is 0.271 e. The van der Waals surface area contributed by atoms with Gasteiger partial charge in [0.05, 0.1) is 0 Å². The van der Waals surface area contributed by atoms with E-state index in [2.05, 4.69) is 0 Å². The third-order valence-corrected chi connectivity index (χ3v) is 4.92. The van der Waals surface area contributed by atoms with E-state index in [9.17, 15) is 9.18 Å². The molecule has 1 aliphatic heterocycles. The molecule has 1 fully saturated rings. The molecule has 2 atom stereocenters. The zero-order valence-corrected chi connectivity index (χ0v) is 15.2. The minimum Gasteiger partial charge on any atom is -0.478 e. The number of ether oxygens (including phenoxy) is 1. The molecule has 0 aromatic heterocycles. The highest BCUT2D eigenvalue weighted by atomic mass is 19.1. The summed E-state index contributed by atoms with van der Waals surface area (Å²) in [4.78, 5) is 14.6. The number of rotatable bonds is 4. The number of carbonyl (C=O) groups is 1. The molecule has 1 aliphatic rings. The smallest absolute Gasteiger partial charge is 0.271 e.